The largest absolute Gasteiger partial charge is 0.462 e. The van der Waals surface area contributed by atoms with E-state index < -0.39 is 27.8 Å². The SMILES string of the molecule is COc1nc([N+](=O)[O-])cc(C(F)F)c1Cl. The van der Waals surface area contributed by atoms with Crippen molar-refractivity contribution in [1.82, 2.24) is 4.98 Å². The van der Waals surface area contributed by atoms with Crippen LogP contribution in [0.3, 0.4) is 0 Å². The molecule has 15 heavy (non-hydrogen) atoms. The number of halogens is 3. The van der Waals surface area contributed by atoms with E-state index in [9.17, 15) is 18.9 Å². The van der Waals surface area contributed by atoms with Crippen molar-refractivity contribution in [2.45, 2.75) is 6.43 Å². The smallest absolute Gasteiger partial charge is 0.368 e. The Labute approximate surface area is 87.8 Å². The van der Waals surface area contributed by atoms with Crippen molar-refractivity contribution in [2.24, 2.45) is 0 Å². The predicted octanol–water partition coefficient (Wildman–Crippen LogP) is 2.59. The number of methoxy groups -OCH3 is 1. The van der Waals surface area contributed by atoms with Gasteiger partial charge in [0.15, 0.2) is 0 Å². The fourth-order valence-corrected chi connectivity index (χ4v) is 1.16. The summed E-state index contributed by atoms with van der Waals surface area (Å²) in [5.41, 5.74) is -0.671. The minimum atomic E-state index is -2.92. The van der Waals surface area contributed by atoms with Gasteiger partial charge in [-0.25, -0.2) is 8.78 Å². The molecule has 1 aromatic rings. The van der Waals surface area contributed by atoms with Gasteiger partial charge in [0.2, 0.25) is 0 Å². The van der Waals surface area contributed by atoms with Gasteiger partial charge in [-0.3, -0.25) is 0 Å². The standard InChI is InChI=1S/C7H5ClF2N2O3/c1-15-7-5(8)3(6(9)10)2-4(11-7)12(13)14/h2,6H,1H3. The Balaban J connectivity index is 3.38. The van der Waals surface area contributed by atoms with E-state index in [4.69, 9.17) is 11.6 Å². The fraction of sp³-hybridized carbons (Fsp3) is 0.286. The van der Waals surface area contributed by atoms with Crippen molar-refractivity contribution in [3.05, 3.63) is 26.8 Å². The van der Waals surface area contributed by atoms with E-state index in [-0.39, 0.29) is 5.88 Å². The zero-order valence-electron chi connectivity index (χ0n) is 7.41. The number of hydrogen-bond donors (Lipinski definition) is 0. The molecule has 0 radical (unpaired) electrons. The first-order chi connectivity index (χ1) is 6.97. The number of nitro groups is 1. The van der Waals surface area contributed by atoms with Crippen LogP contribution in [0.15, 0.2) is 6.07 Å². The molecule has 8 heteroatoms. The topological polar surface area (TPSA) is 65.3 Å². The van der Waals surface area contributed by atoms with Crippen LogP contribution in [0.1, 0.15) is 12.0 Å². The van der Waals surface area contributed by atoms with Crippen LogP contribution < -0.4 is 4.74 Å². The molecule has 0 aromatic carbocycles. The molecular weight excluding hydrogens is 234 g/mol. The van der Waals surface area contributed by atoms with E-state index in [0.29, 0.717) is 6.07 Å². The third-order valence-corrected chi connectivity index (χ3v) is 1.94. The second-order valence-electron chi connectivity index (χ2n) is 2.45. The van der Waals surface area contributed by atoms with Gasteiger partial charge in [0.25, 0.3) is 6.43 Å². The average Bonchev–Trinajstić information content (AvgIpc) is 2.17. The van der Waals surface area contributed by atoms with Crippen LogP contribution in [0.25, 0.3) is 0 Å². The monoisotopic (exact) mass is 238 g/mol. The third kappa shape index (κ3) is 2.30. The molecule has 5 nitrogen and oxygen atoms in total. The number of rotatable bonds is 3. The normalized spacial score (nSPS) is 10.5. The third-order valence-electron chi connectivity index (χ3n) is 1.56. The molecule has 0 fully saturated rings. The molecule has 1 aromatic heterocycles. The second kappa shape index (κ2) is 4.35. The molecular formula is C7H5ClF2N2O3. The zero-order chi connectivity index (χ0) is 11.6. The van der Waals surface area contributed by atoms with Crippen LogP contribution in [0, 0.1) is 10.1 Å². The quantitative estimate of drug-likeness (QED) is 0.600. The second-order valence-corrected chi connectivity index (χ2v) is 2.83. The molecule has 0 saturated heterocycles. The minimum Gasteiger partial charge on any atom is -0.462 e. The number of pyridine rings is 1. The summed E-state index contributed by atoms with van der Waals surface area (Å²) < 4.78 is 29.3. The van der Waals surface area contributed by atoms with Crippen molar-refractivity contribution in [3.8, 4) is 5.88 Å². The maximum Gasteiger partial charge on any atom is 0.368 e. The number of nitrogens with zero attached hydrogens (tertiary/aromatic N) is 2. The van der Waals surface area contributed by atoms with Gasteiger partial charge in [-0.15, -0.1) is 0 Å². The first-order valence-corrected chi connectivity index (χ1v) is 4.02. The van der Waals surface area contributed by atoms with E-state index in [2.05, 4.69) is 9.72 Å². The van der Waals surface area contributed by atoms with Crippen molar-refractivity contribution in [2.75, 3.05) is 7.11 Å². The van der Waals surface area contributed by atoms with Gasteiger partial charge in [0.05, 0.1) is 12.7 Å². The highest BCUT2D eigenvalue weighted by molar-refractivity contribution is 6.32. The molecule has 0 atom stereocenters. The van der Waals surface area contributed by atoms with Gasteiger partial charge in [-0.05, 0) is 4.92 Å². The van der Waals surface area contributed by atoms with Gasteiger partial charge in [0, 0.05) is 11.1 Å². The summed E-state index contributed by atoms with van der Waals surface area (Å²) in [4.78, 5) is 12.8. The van der Waals surface area contributed by atoms with Crippen LogP contribution in [0.5, 0.6) is 5.88 Å². The number of ether oxygens (including phenoxy) is 1. The summed E-state index contributed by atoms with van der Waals surface area (Å²) in [6.45, 7) is 0. The van der Waals surface area contributed by atoms with E-state index in [1.54, 1.807) is 0 Å². The molecule has 1 heterocycles. The molecule has 82 valence electrons. The first kappa shape index (κ1) is 11.6. The lowest BCUT2D eigenvalue weighted by molar-refractivity contribution is -0.389. The van der Waals surface area contributed by atoms with Gasteiger partial charge >= 0.3 is 11.7 Å². The van der Waals surface area contributed by atoms with E-state index in [1.807, 2.05) is 0 Å². The highest BCUT2D eigenvalue weighted by atomic mass is 35.5. The summed E-state index contributed by atoms with van der Waals surface area (Å²) in [7, 11) is 1.13. The summed E-state index contributed by atoms with van der Waals surface area (Å²) in [5.74, 6) is -1.12. The highest BCUT2D eigenvalue weighted by Gasteiger charge is 2.24. The summed E-state index contributed by atoms with van der Waals surface area (Å²) in [6, 6.07) is 0.621. The van der Waals surface area contributed by atoms with Crippen LogP contribution in [-0.2, 0) is 0 Å². The molecule has 0 aliphatic heterocycles. The lowest BCUT2D eigenvalue weighted by Gasteiger charge is -2.04. The number of alkyl halides is 2. The Morgan fingerprint density at radius 1 is 1.67 bits per heavy atom. The van der Waals surface area contributed by atoms with Crippen molar-refractivity contribution >= 4 is 17.4 Å². The lowest BCUT2D eigenvalue weighted by Crippen LogP contribution is -1.99. The maximum atomic E-state index is 12.4. The Hall–Kier alpha value is -1.50. The molecule has 0 aliphatic carbocycles. The molecule has 0 aliphatic rings. The Morgan fingerprint density at radius 3 is 2.67 bits per heavy atom. The Bertz CT molecular complexity index is 400. The van der Waals surface area contributed by atoms with E-state index in [0.717, 1.165) is 7.11 Å². The molecule has 0 amide bonds. The van der Waals surface area contributed by atoms with Crippen molar-refractivity contribution in [3.63, 3.8) is 0 Å². The fourth-order valence-electron chi connectivity index (χ4n) is 0.899. The van der Waals surface area contributed by atoms with Gasteiger partial charge < -0.3 is 14.9 Å². The molecule has 0 unspecified atom stereocenters. The summed E-state index contributed by atoms with van der Waals surface area (Å²) in [6.07, 6.45) is -2.92. The number of hydrogen-bond acceptors (Lipinski definition) is 4. The van der Waals surface area contributed by atoms with Crippen molar-refractivity contribution in [1.29, 1.82) is 0 Å². The summed E-state index contributed by atoms with van der Waals surface area (Å²) in [5, 5.41) is 9.94. The summed E-state index contributed by atoms with van der Waals surface area (Å²) >= 11 is 5.49. The first-order valence-electron chi connectivity index (χ1n) is 3.64. The lowest BCUT2D eigenvalue weighted by atomic mass is 10.2. The van der Waals surface area contributed by atoms with Crippen LogP contribution in [-0.4, -0.2) is 17.0 Å². The van der Waals surface area contributed by atoms with Gasteiger partial charge in [-0.1, -0.05) is 11.6 Å². The van der Waals surface area contributed by atoms with Crippen LogP contribution >= 0.6 is 11.6 Å². The molecule has 0 spiro atoms. The van der Waals surface area contributed by atoms with Gasteiger partial charge in [-0.2, -0.15) is 0 Å². The van der Waals surface area contributed by atoms with Gasteiger partial charge in [0.1, 0.15) is 5.02 Å². The molecule has 1 rings (SSSR count). The molecule has 0 bridgehead atoms. The van der Waals surface area contributed by atoms with E-state index >= 15 is 0 Å². The number of aromatic nitrogens is 1. The maximum absolute atomic E-state index is 12.4. The predicted molar refractivity (Wildman–Crippen MR) is 47.4 cm³/mol. The Kier molecular flexibility index (Phi) is 3.35. The molecule has 0 N–H and O–H groups in total. The Morgan fingerprint density at radius 2 is 2.27 bits per heavy atom. The molecule has 0 saturated carbocycles. The average molecular weight is 239 g/mol. The van der Waals surface area contributed by atoms with Crippen LogP contribution in [0.2, 0.25) is 5.02 Å². The van der Waals surface area contributed by atoms with E-state index in [1.165, 1.54) is 0 Å². The van der Waals surface area contributed by atoms with Crippen molar-refractivity contribution < 1.29 is 18.4 Å². The highest BCUT2D eigenvalue weighted by Crippen LogP contribution is 2.35. The van der Waals surface area contributed by atoms with Crippen LogP contribution in [0.4, 0.5) is 14.6 Å². The zero-order valence-corrected chi connectivity index (χ0v) is 8.16. The minimum absolute atomic E-state index is 0.388.